The molecular formula is C28H42ClN3O4S. The molecule has 206 valence electrons. The number of halogens is 1. The molecule has 1 aromatic heterocycles. The Kier molecular flexibility index (Phi) is 13.5. The number of aromatic nitrogens is 1. The fraction of sp³-hybridized carbons (Fsp3) is 0.536. The molecule has 7 nitrogen and oxygen atoms in total. The number of amides is 2. The van der Waals surface area contributed by atoms with Gasteiger partial charge in [0.25, 0.3) is 5.91 Å². The molecule has 0 unspecified atom stereocenters. The Bertz CT molecular complexity index is 1020. The van der Waals surface area contributed by atoms with E-state index in [0.717, 1.165) is 28.9 Å². The first-order valence-electron chi connectivity index (χ1n) is 12.5. The summed E-state index contributed by atoms with van der Waals surface area (Å²) in [5.41, 5.74) is 2.57. The first-order chi connectivity index (χ1) is 17.4. The number of likely N-dealkylation sites (tertiary alicyclic amines) is 1. The number of nitrogens with zero attached hydrogens (tertiary/aromatic N) is 2. The van der Waals surface area contributed by atoms with Gasteiger partial charge in [0.05, 0.1) is 16.3 Å². The first-order valence-corrected chi connectivity index (χ1v) is 14.1. The van der Waals surface area contributed by atoms with Crippen LogP contribution in [0.4, 0.5) is 4.79 Å². The van der Waals surface area contributed by atoms with Crippen LogP contribution in [0, 0.1) is 13.8 Å². The summed E-state index contributed by atoms with van der Waals surface area (Å²) < 4.78 is 13.0. The van der Waals surface area contributed by atoms with Gasteiger partial charge in [-0.05, 0) is 88.8 Å². The van der Waals surface area contributed by atoms with E-state index in [4.69, 9.17) is 20.9 Å². The zero-order valence-electron chi connectivity index (χ0n) is 23.4. The van der Waals surface area contributed by atoms with E-state index in [1.165, 1.54) is 0 Å². The molecule has 37 heavy (non-hydrogen) atoms. The second kappa shape index (κ2) is 15.2. The minimum Gasteiger partial charge on any atom is -0.444 e. The van der Waals surface area contributed by atoms with Crippen LogP contribution in [-0.2, 0) is 10.2 Å². The molecule has 2 N–H and O–H groups in total. The van der Waals surface area contributed by atoms with Gasteiger partial charge in [-0.25, -0.2) is 4.79 Å². The highest BCUT2D eigenvalue weighted by molar-refractivity contribution is 7.93. The third kappa shape index (κ3) is 9.83. The Morgan fingerprint density at radius 2 is 1.78 bits per heavy atom. The van der Waals surface area contributed by atoms with Crippen molar-refractivity contribution in [1.29, 1.82) is 0 Å². The number of aryl methyl sites for hydroxylation is 2. The Labute approximate surface area is 231 Å². The van der Waals surface area contributed by atoms with Gasteiger partial charge in [0, 0.05) is 37.5 Å². The molecule has 2 aromatic rings. The molecule has 2 heterocycles. The van der Waals surface area contributed by atoms with E-state index in [1.54, 1.807) is 29.5 Å². The molecule has 9 heteroatoms. The van der Waals surface area contributed by atoms with Gasteiger partial charge >= 0.3 is 6.09 Å². The van der Waals surface area contributed by atoms with Crippen molar-refractivity contribution >= 4 is 35.6 Å². The number of nitrogens with one attached hydrogen (secondary N) is 1. The highest BCUT2D eigenvalue weighted by atomic mass is 35.5. The monoisotopic (exact) mass is 551 g/mol. The Morgan fingerprint density at radius 3 is 2.30 bits per heavy atom. The first kappa shape index (κ1) is 32.7. The minimum absolute atomic E-state index is 0.211. The molecule has 1 fully saturated rings. The lowest BCUT2D eigenvalue weighted by atomic mass is 9.73. The van der Waals surface area contributed by atoms with Crippen LogP contribution in [0.25, 0.3) is 0 Å². The van der Waals surface area contributed by atoms with E-state index in [9.17, 15) is 9.59 Å². The maximum atomic E-state index is 12.9. The number of benzene rings is 1. The summed E-state index contributed by atoms with van der Waals surface area (Å²) in [6.45, 7) is 15.0. The molecule has 0 saturated carbocycles. The van der Waals surface area contributed by atoms with Gasteiger partial charge in [-0.2, -0.15) is 0 Å². The number of pyridine rings is 1. The lowest BCUT2D eigenvalue weighted by Crippen LogP contribution is -2.51. The number of rotatable bonds is 4. The average Bonchev–Trinajstić information content (AvgIpc) is 2.84. The van der Waals surface area contributed by atoms with Crippen LogP contribution in [0.3, 0.4) is 0 Å². The standard InChI is InChI=1S/C25H32ClN3O3.C2H6.CH4OS/c1-17-8-9-19(20(26)15-17)22(30)28-16-25(21-18(2)7-6-12-27-21)10-13-29(14-11-25)23(31)32-24(3,4)5;1-2;1-3-2/h6-9,12,15H,10-11,13-14,16H2,1-5H3,(H,28,30);1-2H3;2H,1H3. The van der Waals surface area contributed by atoms with E-state index in [-0.39, 0.29) is 17.4 Å². The normalized spacial score (nSPS) is 14.4. The molecule has 1 saturated heterocycles. The second-order valence-electron chi connectivity index (χ2n) is 9.77. The van der Waals surface area contributed by atoms with E-state index in [2.05, 4.69) is 10.3 Å². The highest BCUT2D eigenvalue weighted by Crippen LogP contribution is 2.36. The Balaban J connectivity index is 0.00000127. The molecule has 1 aromatic carbocycles. The molecule has 0 atom stereocenters. The van der Waals surface area contributed by atoms with Gasteiger partial charge in [0.1, 0.15) is 5.60 Å². The van der Waals surface area contributed by atoms with Crippen LogP contribution in [0.15, 0.2) is 36.5 Å². The Morgan fingerprint density at radius 1 is 1.19 bits per heavy atom. The van der Waals surface area contributed by atoms with Crippen molar-refractivity contribution in [2.75, 3.05) is 25.9 Å². The molecule has 2 amide bonds. The molecule has 0 radical (unpaired) electrons. The van der Waals surface area contributed by atoms with Crippen LogP contribution >= 0.6 is 23.6 Å². The molecule has 0 bridgehead atoms. The average molecular weight is 552 g/mol. The van der Waals surface area contributed by atoms with Gasteiger partial charge < -0.3 is 19.5 Å². The van der Waals surface area contributed by atoms with Gasteiger partial charge in [0.15, 0.2) is 0 Å². The molecular weight excluding hydrogens is 510 g/mol. The molecule has 1 aliphatic heterocycles. The van der Waals surface area contributed by atoms with Crippen LogP contribution in [0.1, 0.15) is 74.6 Å². The van der Waals surface area contributed by atoms with E-state index in [0.29, 0.717) is 43.1 Å². The van der Waals surface area contributed by atoms with Crippen LogP contribution < -0.4 is 5.32 Å². The number of hydrogen-bond acceptors (Lipinski definition) is 6. The summed E-state index contributed by atoms with van der Waals surface area (Å²) in [6.07, 6.45) is 4.42. The molecule has 0 spiro atoms. The number of carbonyl (C=O) groups is 2. The minimum atomic E-state index is -0.537. The predicted molar refractivity (Wildman–Crippen MR) is 154 cm³/mol. The topological polar surface area (TPSA) is 91.8 Å². The van der Waals surface area contributed by atoms with Crippen LogP contribution in [0.5, 0.6) is 0 Å². The van der Waals surface area contributed by atoms with Crippen molar-refractivity contribution in [1.82, 2.24) is 15.2 Å². The maximum absolute atomic E-state index is 12.9. The molecule has 3 rings (SSSR count). The summed E-state index contributed by atoms with van der Waals surface area (Å²) in [4.78, 5) is 31.9. The summed E-state index contributed by atoms with van der Waals surface area (Å²) in [6, 6.07) is 9.35. The zero-order valence-corrected chi connectivity index (χ0v) is 24.9. The van der Waals surface area contributed by atoms with E-state index < -0.39 is 5.60 Å². The predicted octanol–water partition coefficient (Wildman–Crippen LogP) is 6.90. The van der Waals surface area contributed by atoms with Crippen molar-refractivity contribution < 1.29 is 18.9 Å². The van der Waals surface area contributed by atoms with Crippen molar-refractivity contribution in [3.05, 3.63) is 63.9 Å². The van der Waals surface area contributed by atoms with Gasteiger partial charge in [0.2, 0.25) is 0 Å². The molecule has 0 aliphatic carbocycles. The van der Waals surface area contributed by atoms with Crippen molar-refractivity contribution in [2.24, 2.45) is 0 Å². The Hall–Kier alpha value is -2.29. The summed E-state index contributed by atoms with van der Waals surface area (Å²) >= 11 is 7.05. The van der Waals surface area contributed by atoms with Crippen LogP contribution in [-0.4, -0.2) is 57.9 Å². The number of hydrogen-bond donors (Lipinski definition) is 2. The fourth-order valence-corrected chi connectivity index (χ4v) is 4.45. The smallest absolute Gasteiger partial charge is 0.410 e. The third-order valence-corrected chi connectivity index (χ3v) is 6.15. The maximum Gasteiger partial charge on any atom is 0.410 e. The second-order valence-corrected chi connectivity index (χ2v) is 10.5. The van der Waals surface area contributed by atoms with Gasteiger partial charge in [-0.3, -0.25) is 9.78 Å². The summed E-state index contributed by atoms with van der Waals surface area (Å²) in [5.74, 6) is -0.211. The summed E-state index contributed by atoms with van der Waals surface area (Å²) in [7, 11) is 0. The van der Waals surface area contributed by atoms with E-state index >= 15 is 0 Å². The number of carbonyl (C=O) groups excluding carboxylic acids is 2. The fourth-order valence-electron chi connectivity index (χ4n) is 4.13. The van der Waals surface area contributed by atoms with Crippen molar-refractivity contribution in [3.63, 3.8) is 0 Å². The number of piperidine rings is 1. The van der Waals surface area contributed by atoms with Crippen molar-refractivity contribution in [2.45, 2.75) is 72.3 Å². The lowest BCUT2D eigenvalue weighted by molar-refractivity contribution is 0.0159. The lowest BCUT2D eigenvalue weighted by Gasteiger charge is -2.42. The summed E-state index contributed by atoms with van der Waals surface area (Å²) in [5, 5.41) is 3.52. The quantitative estimate of drug-likeness (QED) is 0.401. The molecule has 1 aliphatic rings. The highest BCUT2D eigenvalue weighted by Gasteiger charge is 2.40. The van der Waals surface area contributed by atoms with Crippen molar-refractivity contribution in [3.8, 4) is 0 Å². The van der Waals surface area contributed by atoms with Gasteiger partial charge in [-0.15, -0.1) is 0 Å². The van der Waals surface area contributed by atoms with Crippen LogP contribution in [0.2, 0.25) is 5.02 Å². The zero-order chi connectivity index (χ0) is 28.2. The third-order valence-electron chi connectivity index (χ3n) is 5.84. The largest absolute Gasteiger partial charge is 0.444 e. The van der Waals surface area contributed by atoms with Gasteiger partial charge in [-0.1, -0.05) is 37.6 Å². The number of ether oxygens (including phenoxy) is 1. The SMILES string of the molecule is CC.CSO.Cc1ccc(C(=O)NCC2(c3ncccc3C)CCN(C(=O)OC(C)(C)C)CC2)c(Cl)c1. The van der Waals surface area contributed by atoms with E-state index in [1.807, 2.05) is 66.7 Å².